The van der Waals surface area contributed by atoms with Gasteiger partial charge in [-0.2, -0.15) is 0 Å². The maximum Gasteiger partial charge on any atom is 0.193 e. The van der Waals surface area contributed by atoms with Crippen LogP contribution in [-0.2, 0) is 15.9 Å². The molecular weight excluding hydrogens is 326 g/mol. The van der Waals surface area contributed by atoms with Crippen molar-refractivity contribution in [2.45, 2.75) is 32.1 Å². The lowest BCUT2D eigenvalue weighted by molar-refractivity contribution is 0.0625. The zero-order valence-electron chi connectivity index (χ0n) is 16.5. The van der Waals surface area contributed by atoms with E-state index in [-0.39, 0.29) is 0 Å². The summed E-state index contributed by atoms with van der Waals surface area (Å²) in [6.45, 7) is 5.33. The van der Waals surface area contributed by atoms with E-state index in [1.54, 1.807) is 0 Å². The van der Waals surface area contributed by atoms with Gasteiger partial charge in [-0.05, 0) is 43.6 Å². The third-order valence-corrected chi connectivity index (χ3v) is 4.91. The van der Waals surface area contributed by atoms with Crippen molar-refractivity contribution in [1.82, 2.24) is 10.2 Å². The molecule has 0 radical (unpaired) electrons. The Bertz CT molecular complexity index is 501. The molecule has 146 valence electrons. The molecule has 1 aromatic rings. The van der Waals surface area contributed by atoms with Crippen molar-refractivity contribution in [1.29, 1.82) is 0 Å². The fourth-order valence-electron chi connectivity index (χ4n) is 3.21. The number of nitrogens with one attached hydrogen (secondary N) is 1. The van der Waals surface area contributed by atoms with Crippen LogP contribution in [0.15, 0.2) is 35.3 Å². The Hall–Kier alpha value is -1.59. The fraction of sp³-hybridized carbons (Fsp3) is 0.667. The predicted molar refractivity (Wildman–Crippen MR) is 108 cm³/mol. The summed E-state index contributed by atoms with van der Waals surface area (Å²) < 4.78 is 11.2. The third kappa shape index (κ3) is 8.19. The Balaban J connectivity index is 1.51. The van der Waals surface area contributed by atoms with Crippen molar-refractivity contribution < 1.29 is 9.47 Å². The van der Waals surface area contributed by atoms with Crippen molar-refractivity contribution in [2.24, 2.45) is 10.9 Å². The van der Waals surface area contributed by atoms with E-state index in [4.69, 9.17) is 9.47 Å². The summed E-state index contributed by atoms with van der Waals surface area (Å²) in [4.78, 5) is 6.62. The highest BCUT2D eigenvalue weighted by atomic mass is 16.5. The Morgan fingerprint density at radius 2 is 2.00 bits per heavy atom. The number of ether oxygens (including phenoxy) is 2. The summed E-state index contributed by atoms with van der Waals surface area (Å²) in [7, 11) is 3.97. The number of hydrogen-bond acceptors (Lipinski definition) is 3. The number of rotatable bonds is 10. The smallest absolute Gasteiger partial charge is 0.193 e. The summed E-state index contributed by atoms with van der Waals surface area (Å²) in [5.74, 6) is 1.77. The van der Waals surface area contributed by atoms with E-state index in [1.807, 2.05) is 13.1 Å². The van der Waals surface area contributed by atoms with Crippen LogP contribution in [0.4, 0.5) is 0 Å². The van der Waals surface area contributed by atoms with E-state index in [1.165, 1.54) is 24.8 Å². The first-order valence-corrected chi connectivity index (χ1v) is 9.91. The van der Waals surface area contributed by atoms with Crippen LogP contribution < -0.4 is 5.32 Å². The molecule has 0 aromatic heterocycles. The largest absolute Gasteiger partial charge is 0.381 e. The average Bonchev–Trinajstić information content (AvgIpc) is 2.70. The molecule has 1 fully saturated rings. The quantitative estimate of drug-likeness (QED) is 0.395. The van der Waals surface area contributed by atoms with Gasteiger partial charge in [0, 0.05) is 47.0 Å². The molecule has 5 heteroatoms. The van der Waals surface area contributed by atoms with Gasteiger partial charge in [-0.15, -0.1) is 0 Å². The molecule has 0 unspecified atom stereocenters. The van der Waals surface area contributed by atoms with Gasteiger partial charge in [0.05, 0.1) is 6.61 Å². The molecule has 1 N–H and O–H groups in total. The molecule has 26 heavy (non-hydrogen) atoms. The van der Waals surface area contributed by atoms with Gasteiger partial charge in [-0.3, -0.25) is 4.99 Å². The van der Waals surface area contributed by atoms with E-state index in [9.17, 15) is 0 Å². The summed E-state index contributed by atoms with van der Waals surface area (Å²) in [5, 5.41) is 3.44. The van der Waals surface area contributed by atoms with E-state index in [2.05, 4.69) is 46.5 Å². The summed E-state index contributed by atoms with van der Waals surface area (Å²) in [5.41, 5.74) is 1.33. The molecule has 2 rings (SSSR count). The lowest BCUT2D eigenvalue weighted by Gasteiger charge is -2.26. The van der Waals surface area contributed by atoms with Crippen LogP contribution in [0.2, 0.25) is 0 Å². The molecule has 1 aliphatic heterocycles. The first-order chi connectivity index (χ1) is 12.8. The van der Waals surface area contributed by atoms with E-state index in [0.29, 0.717) is 0 Å². The van der Waals surface area contributed by atoms with Gasteiger partial charge in [-0.25, -0.2) is 0 Å². The van der Waals surface area contributed by atoms with E-state index in [0.717, 1.165) is 64.2 Å². The highest BCUT2D eigenvalue weighted by molar-refractivity contribution is 5.79. The molecule has 0 spiro atoms. The number of aliphatic imine (C=N–C) groups is 1. The van der Waals surface area contributed by atoms with Gasteiger partial charge in [0.15, 0.2) is 5.96 Å². The Kier molecular flexibility index (Phi) is 10.1. The summed E-state index contributed by atoms with van der Waals surface area (Å²) >= 11 is 0. The second-order valence-electron chi connectivity index (χ2n) is 6.94. The maximum atomic E-state index is 5.74. The van der Waals surface area contributed by atoms with Crippen LogP contribution in [0.3, 0.4) is 0 Å². The van der Waals surface area contributed by atoms with Crippen molar-refractivity contribution in [3.8, 4) is 0 Å². The van der Waals surface area contributed by atoms with Crippen molar-refractivity contribution in [3.05, 3.63) is 35.9 Å². The number of guanidine groups is 1. The topological polar surface area (TPSA) is 46.1 Å². The standard InChI is InChI=1S/C21H35N3O2/c1-22-21(24(2)14-9-20-11-17-26-18-12-20)23-13-6-15-25-16-10-19-7-4-3-5-8-19/h3-5,7-8,20H,6,9-18H2,1-2H3,(H,22,23). The molecule has 0 aliphatic carbocycles. The first-order valence-electron chi connectivity index (χ1n) is 9.91. The van der Waals surface area contributed by atoms with Crippen LogP contribution in [0.5, 0.6) is 0 Å². The number of hydrogen-bond donors (Lipinski definition) is 1. The summed E-state index contributed by atoms with van der Waals surface area (Å²) in [6, 6.07) is 10.5. The Morgan fingerprint density at radius 3 is 2.73 bits per heavy atom. The van der Waals surface area contributed by atoms with Crippen LogP contribution in [0.25, 0.3) is 0 Å². The minimum Gasteiger partial charge on any atom is -0.381 e. The SMILES string of the molecule is CN=C(NCCCOCCc1ccccc1)N(C)CCC1CCOCC1. The highest BCUT2D eigenvalue weighted by Crippen LogP contribution is 2.18. The molecule has 1 saturated heterocycles. The van der Waals surface area contributed by atoms with Gasteiger partial charge in [-0.1, -0.05) is 30.3 Å². The zero-order valence-corrected chi connectivity index (χ0v) is 16.5. The molecule has 0 amide bonds. The van der Waals surface area contributed by atoms with Crippen LogP contribution in [0.1, 0.15) is 31.2 Å². The Labute approximate surface area is 158 Å². The molecule has 1 heterocycles. The minimum atomic E-state index is 0.780. The predicted octanol–water partition coefficient (Wildman–Crippen LogP) is 2.96. The normalized spacial score (nSPS) is 15.8. The van der Waals surface area contributed by atoms with Gasteiger partial charge in [0.2, 0.25) is 0 Å². The zero-order chi connectivity index (χ0) is 18.5. The molecular formula is C21H35N3O2. The number of benzene rings is 1. The lowest BCUT2D eigenvalue weighted by atomic mass is 9.96. The minimum absolute atomic E-state index is 0.780. The molecule has 0 bridgehead atoms. The molecule has 5 nitrogen and oxygen atoms in total. The van der Waals surface area contributed by atoms with Crippen molar-refractivity contribution in [2.75, 3.05) is 53.6 Å². The van der Waals surface area contributed by atoms with Gasteiger partial charge in [0.1, 0.15) is 0 Å². The van der Waals surface area contributed by atoms with Crippen LogP contribution >= 0.6 is 0 Å². The highest BCUT2D eigenvalue weighted by Gasteiger charge is 2.15. The third-order valence-electron chi connectivity index (χ3n) is 4.91. The molecule has 0 saturated carbocycles. The second-order valence-corrected chi connectivity index (χ2v) is 6.94. The van der Waals surface area contributed by atoms with Crippen molar-refractivity contribution >= 4 is 5.96 Å². The van der Waals surface area contributed by atoms with Crippen LogP contribution in [0, 0.1) is 5.92 Å². The summed E-state index contributed by atoms with van der Waals surface area (Å²) in [6.07, 6.45) is 5.57. The van der Waals surface area contributed by atoms with Gasteiger partial charge in [0.25, 0.3) is 0 Å². The van der Waals surface area contributed by atoms with Gasteiger partial charge >= 0.3 is 0 Å². The molecule has 1 aliphatic rings. The van der Waals surface area contributed by atoms with E-state index < -0.39 is 0 Å². The molecule has 0 atom stereocenters. The van der Waals surface area contributed by atoms with Gasteiger partial charge < -0.3 is 19.7 Å². The maximum absolute atomic E-state index is 5.74. The van der Waals surface area contributed by atoms with E-state index >= 15 is 0 Å². The average molecular weight is 362 g/mol. The number of nitrogens with zero attached hydrogens (tertiary/aromatic N) is 2. The second kappa shape index (κ2) is 12.7. The first kappa shape index (κ1) is 20.7. The monoisotopic (exact) mass is 361 g/mol. The lowest BCUT2D eigenvalue weighted by Crippen LogP contribution is -2.40. The Morgan fingerprint density at radius 1 is 1.23 bits per heavy atom. The fourth-order valence-corrected chi connectivity index (χ4v) is 3.21. The molecule has 1 aromatic carbocycles. The van der Waals surface area contributed by atoms with Crippen molar-refractivity contribution in [3.63, 3.8) is 0 Å². The van der Waals surface area contributed by atoms with Crippen LogP contribution in [-0.4, -0.2) is 64.5 Å².